The molecule has 0 aromatic heterocycles. The maximum Gasteiger partial charge on any atom is 0.417 e. The number of hydrogen-bond acceptors (Lipinski definition) is 6. The van der Waals surface area contributed by atoms with Gasteiger partial charge in [-0.1, -0.05) is 0 Å². The van der Waals surface area contributed by atoms with E-state index in [4.69, 9.17) is 22.2 Å². The molecule has 1 fully saturated rings. The SMILES string of the molecule is CCN1CC(CO)Oc2ccc(N3C(=S)N(c4ccc(C#N)c(C(F)(F)F)c4)C(=O)C3(C)C)cc21. The van der Waals surface area contributed by atoms with Crippen molar-refractivity contribution in [2.75, 3.05) is 34.4 Å². The van der Waals surface area contributed by atoms with Crippen molar-refractivity contribution in [3.8, 4) is 11.8 Å². The van der Waals surface area contributed by atoms with Crippen LogP contribution in [-0.4, -0.2) is 47.5 Å². The molecule has 0 spiro atoms. The third-order valence-corrected chi connectivity index (χ3v) is 6.56. The van der Waals surface area contributed by atoms with Gasteiger partial charge in [0.05, 0.1) is 41.7 Å². The molecule has 0 saturated carbocycles. The molecule has 1 N–H and O–H groups in total. The van der Waals surface area contributed by atoms with Crippen LogP contribution in [0.5, 0.6) is 5.75 Å². The lowest BCUT2D eigenvalue weighted by Gasteiger charge is -2.37. The molecule has 7 nitrogen and oxygen atoms in total. The van der Waals surface area contributed by atoms with Gasteiger partial charge in [-0.05, 0) is 69.4 Å². The summed E-state index contributed by atoms with van der Waals surface area (Å²) in [6.07, 6.45) is -5.14. The van der Waals surface area contributed by atoms with Gasteiger partial charge in [0.2, 0.25) is 0 Å². The van der Waals surface area contributed by atoms with E-state index in [1.807, 2.05) is 17.9 Å². The molecular formula is C24H23F3N4O3S. The van der Waals surface area contributed by atoms with Crippen LogP contribution in [0, 0.1) is 11.3 Å². The number of halogens is 3. The molecule has 0 bridgehead atoms. The first-order valence-corrected chi connectivity index (χ1v) is 11.3. The fraction of sp³-hybridized carbons (Fsp3) is 0.375. The highest BCUT2D eigenvalue weighted by Crippen LogP contribution is 2.43. The van der Waals surface area contributed by atoms with Crippen LogP contribution in [0.25, 0.3) is 0 Å². The lowest BCUT2D eigenvalue weighted by Crippen LogP contribution is -2.45. The highest BCUT2D eigenvalue weighted by molar-refractivity contribution is 7.81. The predicted molar refractivity (Wildman–Crippen MR) is 129 cm³/mol. The molecule has 1 amide bonds. The van der Waals surface area contributed by atoms with Gasteiger partial charge in [0.25, 0.3) is 5.91 Å². The van der Waals surface area contributed by atoms with Crippen molar-refractivity contribution in [1.82, 2.24) is 0 Å². The summed E-state index contributed by atoms with van der Waals surface area (Å²) in [6, 6.07) is 9.90. The van der Waals surface area contributed by atoms with Gasteiger partial charge in [-0.3, -0.25) is 9.69 Å². The molecule has 2 aliphatic rings. The largest absolute Gasteiger partial charge is 0.484 e. The number of aliphatic hydroxyl groups excluding tert-OH is 1. The number of alkyl halides is 3. The molecule has 11 heteroatoms. The molecular weight excluding hydrogens is 481 g/mol. The molecule has 4 rings (SSSR count). The van der Waals surface area contributed by atoms with Crippen molar-refractivity contribution in [2.24, 2.45) is 0 Å². The van der Waals surface area contributed by atoms with Crippen LogP contribution in [0.15, 0.2) is 36.4 Å². The van der Waals surface area contributed by atoms with E-state index in [1.165, 1.54) is 6.07 Å². The third-order valence-electron chi connectivity index (χ3n) is 6.20. The van der Waals surface area contributed by atoms with E-state index in [2.05, 4.69) is 0 Å². The molecule has 0 radical (unpaired) electrons. The molecule has 2 aromatic rings. The van der Waals surface area contributed by atoms with E-state index in [0.29, 0.717) is 24.5 Å². The number of rotatable bonds is 4. The van der Waals surface area contributed by atoms with Crippen molar-refractivity contribution >= 4 is 40.3 Å². The second-order valence-corrected chi connectivity index (χ2v) is 9.14. The minimum absolute atomic E-state index is 0.0193. The van der Waals surface area contributed by atoms with Crippen molar-refractivity contribution in [3.63, 3.8) is 0 Å². The summed E-state index contributed by atoms with van der Waals surface area (Å²) in [7, 11) is 0. The van der Waals surface area contributed by atoms with E-state index in [-0.39, 0.29) is 23.5 Å². The molecule has 1 atom stereocenters. The highest BCUT2D eigenvalue weighted by atomic mass is 32.1. The fourth-order valence-electron chi connectivity index (χ4n) is 4.41. The monoisotopic (exact) mass is 504 g/mol. The third kappa shape index (κ3) is 4.06. The van der Waals surface area contributed by atoms with Gasteiger partial charge >= 0.3 is 6.18 Å². The number of hydrogen-bond donors (Lipinski definition) is 1. The number of benzene rings is 2. The maximum absolute atomic E-state index is 13.5. The molecule has 2 aromatic carbocycles. The Morgan fingerprint density at radius 3 is 2.51 bits per heavy atom. The Morgan fingerprint density at radius 1 is 1.23 bits per heavy atom. The Balaban J connectivity index is 1.77. The van der Waals surface area contributed by atoms with Crippen molar-refractivity contribution in [1.29, 1.82) is 5.26 Å². The van der Waals surface area contributed by atoms with Crippen LogP contribution in [-0.2, 0) is 11.0 Å². The summed E-state index contributed by atoms with van der Waals surface area (Å²) in [4.78, 5) is 18.1. The Morgan fingerprint density at radius 2 is 1.91 bits per heavy atom. The minimum Gasteiger partial charge on any atom is -0.484 e. The molecule has 1 unspecified atom stereocenters. The second kappa shape index (κ2) is 8.70. The second-order valence-electron chi connectivity index (χ2n) is 8.77. The summed E-state index contributed by atoms with van der Waals surface area (Å²) < 4.78 is 46.5. The summed E-state index contributed by atoms with van der Waals surface area (Å²) in [6.45, 7) is 6.26. The van der Waals surface area contributed by atoms with E-state index in [1.54, 1.807) is 36.9 Å². The average Bonchev–Trinajstić information content (AvgIpc) is 3.00. The minimum atomic E-state index is -4.77. The summed E-state index contributed by atoms with van der Waals surface area (Å²) in [5, 5.41) is 18.6. The van der Waals surface area contributed by atoms with Crippen LogP contribution in [0.3, 0.4) is 0 Å². The van der Waals surface area contributed by atoms with E-state index >= 15 is 0 Å². The fourth-order valence-corrected chi connectivity index (χ4v) is 4.93. The molecule has 184 valence electrons. The molecule has 0 aliphatic carbocycles. The lowest BCUT2D eigenvalue weighted by atomic mass is 10.0. The van der Waals surface area contributed by atoms with Crippen molar-refractivity contribution in [2.45, 2.75) is 38.6 Å². The molecule has 2 heterocycles. The molecule has 35 heavy (non-hydrogen) atoms. The Kier molecular flexibility index (Phi) is 6.15. The van der Waals surface area contributed by atoms with Gasteiger partial charge in [-0.2, -0.15) is 18.4 Å². The van der Waals surface area contributed by atoms with Gasteiger partial charge in [0, 0.05) is 12.2 Å². The number of nitriles is 1. The number of nitrogens with zero attached hydrogens (tertiary/aromatic N) is 4. The smallest absolute Gasteiger partial charge is 0.417 e. The topological polar surface area (TPSA) is 80.0 Å². The van der Waals surface area contributed by atoms with E-state index in [9.17, 15) is 23.1 Å². The number of likely N-dealkylation sites (N-methyl/N-ethyl adjacent to an activating group) is 1. The van der Waals surface area contributed by atoms with Crippen molar-refractivity contribution in [3.05, 3.63) is 47.5 Å². The number of anilines is 3. The van der Waals surface area contributed by atoms with Crippen LogP contribution < -0.4 is 19.4 Å². The summed E-state index contributed by atoms with van der Waals surface area (Å²) in [5.74, 6) is 0.0795. The van der Waals surface area contributed by atoms with Crippen LogP contribution in [0.1, 0.15) is 31.9 Å². The van der Waals surface area contributed by atoms with Crippen LogP contribution in [0.2, 0.25) is 0 Å². The normalized spacial score (nSPS) is 19.5. The summed E-state index contributed by atoms with van der Waals surface area (Å²) in [5.41, 5.74) is -1.60. The van der Waals surface area contributed by atoms with Gasteiger partial charge in [0.1, 0.15) is 17.4 Å². The standard InChI is InChI=1S/C24H23F3N4O3S/c1-4-29-12-17(13-32)34-20-8-7-16(10-19(20)29)31-22(35)30(21(33)23(31,2)3)15-6-5-14(11-28)18(9-15)24(25,26)27/h5-10,17,32H,4,12-13H2,1-3H3. The van der Waals surface area contributed by atoms with Gasteiger partial charge in [-0.15, -0.1) is 0 Å². The van der Waals surface area contributed by atoms with Crippen LogP contribution in [0.4, 0.5) is 30.2 Å². The van der Waals surface area contributed by atoms with Gasteiger partial charge in [-0.25, -0.2) is 0 Å². The zero-order valence-corrected chi connectivity index (χ0v) is 20.1. The lowest BCUT2D eigenvalue weighted by molar-refractivity contribution is -0.137. The first-order valence-electron chi connectivity index (χ1n) is 10.9. The quantitative estimate of drug-likeness (QED) is 0.629. The van der Waals surface area contributed by atoms with Gasteiger partial charge in [0.15, 0.2) is 5.11 Å². The first-order chi connectivity index (χ1) is 16.4. The predicted octanol–water partition coefficient (Wildman–Crippen LogP) is 4.07. The number of fused-ring (bicyclic) bond motifs is 1. The number of amides is 1. The Hall–Kier alpha value is -3.36. The summed E-state index contributed by atoms with van der Waals surface area (Å²) >= 11 is 5.61. The average molecular weight is 505 g/mol. The molecule has 2 aliphatic heterocycles. The first kappa shape index (κ1) is 24.8. The maximum atomic E-state index is 13.5. The Labute approximate surface area is 205 Å². The zero-order chi connectivity index (χ0) is 25.7. The van der Waals surface area contributed by atoms with Crippen molar-refractivity contribution < 1.29 is 27.8 Å². The Bertz CT molecular complexity index is 1240. The number of aliphatic hydroxyl groups is 1. The number of carbonyl (C=O) groups is 1. The highest BCUT2D eigenvalue weighted by Gasteiger charge is 2.51. The van der Waals surface area contributed by atoms with E-state index < -0.39 is 28.7 Å². The van der Waals surface area contributed by atoms with Gasteiger partial charge < -0.3 is 19.6 Å². The number of thiocarbonyl (C=S) groups is 1. The zero-order valence-electron chi connectivity index (χ0n) is 19.3. The molecule has 1 saturated heterocycles. The van der Waals surface area contributed by atoms with Crippen LogP contribution >= 0.6 is 12.2 Å². The number of ether oxygens (including phenoxy) is 1. The van der Waals surface area contributed by atoms with E-state index in [0.717, 1.165) is 22.7 Å². The number of carbonyl (C=O) groups excluding carboxylic acids is 1.